The number of rotatable bonds is 5. The van der Waals surface area contributed by atoms with Crippen molar-refractivity contribution in [1.82, 2.24) is 5.32 Å². The lowest BCUT2D eigenvalue weighted by Gasteiger charge is -2.13. The number of para-hydroxylation sites is 1. The van der Waals surface area contributed by atoms with Crippen LogP contribution in [0.5, 0.6) is 5.75 Å². The molecule has 0 atom stereocenters. The summed E-state index contributed by atoms with van der Waals surface area (Å²) in [5.41, 5.74) is 0.322. The largest absolute Gasteiger partial charge is 0.497 e. The maximum absolute atomic E-state index is 12.3. The standard InChI is InChI=1S/C17H15F3N2O3/c1-25-12-6-4-5-11(9-12)15(23)22-14-8-3-2-7-13(14)16(24)21-10-17(18,19)20/h2-9H,10H2,1H3,(H,21,24)(H,22,23). The molecule has 132 valence electrons. The van der Waals surface area contributed by atoms with E-state index in [2.05, 4.69) is 5.32 Å². The zero-order valence-electron chi connectivity index (χ0n) is 13.2. The second-order valence-corrected chi connectivity index (χ2v) is 5.03. The average molecular weight is 352 g/mol. The van der Waals surface area contributed by atoms with Gasteiger partial charge in [0.2, 0.25) is 0 Å². The van der Waals surface area contributed by atoms with Crippen LogP contribution < -0.4 is 15.4 Å². The first-order valence-electron chi connectivity index (χ1n) is 7.19. The highest BCUT2D eigenvalue weighted by Crippen LogP contribution is 2.19. The lowest BCUT2D eigenvalue weighted by molar-refractivity contribution is -0.123. The molecular formula is C17H15F3N2O3. The van der Waals surface area contributed by atoms with Crippen LogP contribution in [0.3, 0.4) is 0 Å². The second-order valence-electron chi connectivity index (χ2n) is 5.03. The minimum atomic E-state index is -4.52. The van der Waals surface area contributed by atoms with Gasteiger partial charge in [-0.25, -0.2) is 0 Å². The monoisotopic (exact) mass is 352 g/mol. The van der Waals surface area contributed by atoms with Crippen molar-refractivity contribution in [3.63, 3.8) is 0 Å². The molecule has 5 nitrogen and oxygen atoms in total. The van der Waals surface area contributed by atoms with E-state index < -0.39 is 24.5 Å². The summed E-state index contributed by atoms with van der Waals surface area (Å²) in [7, 11) is 1.46. The van der Waals surface area contributed by atoms with E-state index in [4.69, 9.17) is 4.74 Å². The molecule has 0 heterocycles. The number of hydrogen-bond acceptors (Lipinski definition) is 3. The van der Waals surface area contributed by atoms with Gasteiger partial charge < -0.3 is 15.4 Å². The first-order valence-corrected chi connectivity index (χ1v) is 7.19. The Balaban J connectivity index is 2.17. The van der Waals surface area contributed by atoms with Gasteiger partial charge in [0.25, 0.3) is 11.8 Å². The zero-order chi connectivity index (χ0) is 18.4. The van der Waals surface area contributed by atoms with Gasteiger partial charge in [0, 0.05) is 5.56 Å². The number of carbonyl (C=O) groups is 2. The number of ether oxygens (including phenoxy) is 1. The van der Waals surface area contributed by atoms with Gasteiger partial charge in [0.05, 0.1) is 18.4 Å². The summed E-state index contributed by atoms with van der Waals surface area (Å²) in [6, 6.07) is 12.1. The molecule has 0 spiro atoms. The Morgan fingerprint density at radius 3 is 2.44 bits per heavy atom. The minimum absolute atomic E-state index is 0.0667. The molecule has 2 amide bonds. The van der Waals surface area contributed by atoms with Gasteiger partial charge in [-0.15, -0.1) is 0 Å². The Hall–Kier alpha value is -3.03. The van der Waals surface area contributed by atoms with Gasteiger partial charge in [-0.3, -0.25) is 9.59 Å². The Labute approximate surface area is 141 Å². The highest BCUT2D eigenvalue weighted by Gasteiger charge is 2.28. The first-order chi connectivity index (χ1) is 11.8. The fourth-order valence-corrected chi connectivity index (χ4v) is 2.02. The number of benzene rings is 2. The minimum Gasteiger partial charge on any atom is -0.497 e. The van der Waals surface area contributed by atoms with E-state index in [9.17, 15) is 22.8 Å². The van der Waals surface area contributed by atoms with Gasteiger partial charge in [0.1, 0.15) is 12.3 Å². The van der Waals surface area contributed by atoms with Crippen molar-refractivity contribution >= 4 is 17.5 Å². The Morgan fingerprint density at radius 1 is 1.04 bits per heavy atom. The molecule has 0 fully saturated rings. The van der Waals surface area contributed by atoms with E-state index in [0.717, 1.165) is 0 Å². The van der Waals surface area contributed by atoms with E-state index in [1.807, 2.05) is 0 Å². The molecule has 0 bridgehead atoms. The van der Waals surface area contributed by atoms with Crippen LogP contribution in [0, 0.1) is 0 Å². The molecule has 0 saturated carbocycles. The normalized spacial score (nSPS) is 10.9. The maximum atomic E-state index is 12.3. The summed E-state index contributed by atoms with van der Waals surface area (Å²) in [6.45, 7) is -1.45. The SMILES string of the molecule is COc1cccc(C(=O)Nc2ccccc2C(=O)NCC(F)(F)F)c1. The number of methoxy groups -OCH3 is 1. The van der Waals surface area contributed by atoms with E-state index in [1.165, 1.54) is 31.4 Å². The number of amides is 2. The molecule has 2 aromatic carbocycles. The zero-order valence-corrected chi connectivity index (χ0v) is 13.2. The first kappa shape index (κ1) is 18.3. The van der Waals surface area contributed by atoms with Crippen LogP contribution in [0.4, 0.5) is 18.9 Å². The summed E-state index contributed by atoms with van der Waals surface area (Å²) in [4.78, 5) is 24.2. The van der Waals surface area contributed by atoms with Crippen LogP contribution in [0.1, 0.15) is 20.7 Å². The van der Waals surface area contributed by atoms with E-state index in [1.54, 1.807) is 29.6 Å². The van der Waals surface area contributed by atoms with Crippen molar-refractivity contribution in [3.8, 4) is 5.75 Å². The molecule has 2 N–H and O–H groups in total. The number of anilines is 1. The van der Waals surface area contributed by atoms with Crippen molar-refractivity contribution in [2.45, 2.75) is 6.18 Å². The summed E-state index contributed by atoms with van der Waals surface area (Å²) in [5.74, 6) is -0.974. The summed E-state index contributed by atoms with van der Waals surface area (Å²) >= 11 is 0. The highest BCUT2D eigenvalue weighted by atomic mass is 19.4. The quantitative estimate of drug-likeness (QED) is 0.868. The maximum Gasteiger partial charge on any atom is 0.405 e. The number of nitrogens with one attached hydrogen (secondary N) is 2. The van der Waals surface area contributed by atoms with E-state index in [0.29, 0.717) is 5.75 Å². The number of alkyl halides is 3. The molecular weight excluding hydrogens is 337 g/mol. The van der Waals surface area contributed by atoms with Crippen molar-refractivity contribution < 1.29 is 27.5 Å². The van der Waals surface area contributed by atoms with Crippen LogP contribution in [-0.4, -0.2) is 31.6 Å². The van der Waals surface area contributed by atoms with Crippen LogP contribution in [0.15, 0.2) is 48.5 Å². The van der Waals surface area contributed by atoms with E-state index in [-0.39, 0.29) is 16.8 Å². The molecule has 0 aliphatic carbocycles. The molecule has 2 aromatic rings. The molecule has 0 saturated heterocycles. The van der Waals surface area contributed by atoms with Gasteiger partial charge in [-0.05, 0) is 30.3 Å². The van der Waals surface area contributed by atoms with Crippen molar-refractivity contribution in [3.05, 3.63) is 59.7 Å². The third-order valence-corrected chi connectivity index (χ3v) is 3.20. The van der Waals surface area contributed by atoms with Crippen molar-refractivity contribution in [1.29, 1.82) is 0 Å². The smallest absolute Gasteiger partial charge is 0.405 e. The van der Waals surface area contributed by atoms with Crippen LogP contribution in [-0.2, 0) is 0 Å². The van der Waals surface area contributed by atoms with Gasteiger partial charge in [-0.1, -0.05) is 18.2 Å². The second kappa shape index (κ2) is 7.69. The van der Waals surface area contributed by atoms with Crippen LogP contribution in [0.2, 0.25) is 0 Å². The molecule has 8 heteroatoms. The molecule has 0 aliphatic heterocycles. The van der Waals surface area contributed by atoms with Gasteiger partial charge >= 0.3 is 6.18 Å². The molecule has 0 aliphatic rings. The van der Waals surface area contributed by atoms with Crippen LogP contribution >= 0.6 is 0 Å². The molecule has 0 unspecified atom stereocenters. The predicted molar refractivity (Wildman–Crippen MR) is 85.8 cm³/mol. The average Bonchev–Trinajstić information content (AvgIpc) is 2.59. The fourth-order valence-electron chi connectivity index (χ4n) is 2.02. The van der Waals surface area contributed by atoms with Gasteiger partial charge in [0.15, 0.2) is 0 Å². The number of carbonyl (C=O) groups excluding carboxylic acids is 2. The predicted octanol–water partition coefficient (Wildman–Crippen LogP) is 3.24. The molecule has 2 rings (SSSR count). The van der Waals surface area contributed by atoms with Crippen molar-refractivity contribution in [2.75, 3.05) is 19.0 Å². The molecule has 0 aromatic heterocycles. The van der Waals surface area contributed by atoms with Crippen LogP contribution in [0.25, 0.3) is 0 Å². The lowest BCUT2D eigenvalue weighted by atomic mass is 10.1. The lowest BCUT2D eigenvalue weighted by Crippen LogP contribution is -2.34. The third kappa shape index (κ3) is 5.23. The summed E-state index contributed by atoms with van der Waals surface area (Å²) < 4.78 is 41.7. The van der Waals surface area contributed by atoms with E-state index >= 15 is 0 Å². The van der Waals surface area contributed by atoms with Gasteiger partial charge in [-0.2, -0.15) is 13.2 Å². The topological polar surface area (TPSA) is 67.4 Å². The Kier molecular flexibility index (Phi) is 5.63. The highest BCUT2D eigenvalue weighted by molar-refractivity contribution is 6.09. The Bertz CT molecular complexity index is 776. The Morgan fingerprint density at radius 2 is 1.76 bits per heavy atom. The van der Waals surface area contributed by atoms with Crippen molar-refractivity contribution in [2.24, 2.45) is 0 Å². The summed E-state index contributed by atoms with van der Waals surface area (Å²) in [5, 5.41) is 4.29. The third-order valence-electron chi connectivity index (χ3n) is 3.20. The summed E-state index contributed by atoms with van der Waals surface area (Å²) in [6.07, 6.45) is -4.52. The fraction of sp³-hybridized carbons (Fsp3) is 0.176. The molecule has 25 heavy (non-hydrogen) atoms. The number of halogens is 3. The molecule has 0 radical (unpaired) electrons. The number of hydrogen-bond donors (Lipinski definition) is 2.